The second-order valence-electron chi connectivity index (χ2n) is 8.03. The second kappa shape index (κ2) is 18.8. The van der Waals surface area contributed by atoms with E-state index in [0.717, 1.165) is 0 Å². The highest BCUT2D eigenvalue weighted by Crippen LogP contribution is 2.57. The smallest absolute Gasteiger partial charge is 0.346 e. The van der Waals surface area contributed by atoms with Gasteiger partial charge in [-0.25, -0.2) is 18.7 Å². The lowest BCUT2D eigenvalue weighted by molar-refractivity contribution is 0.138. The number of nitrogens with zero attached hydrogens (tertiary/aromatic N) is 4. The molecule has 10 nitrogen and oxygen atoms in total. The van der Waals surface area contributed by atoms with Crippen LogP contribution in [-0.4, -0.2) is 106 Å². The first-order valence-corrected chi connectivity index (χ1v) is 16.0. The van der Waals surface area contributed by atoms with E-state index in [-0.39, 0.29) is 17.5 Å². The van der Waals surface area contributed by atoms with Crippen LogP contribution in [0.3, 0.4) is 0 Å². The van der Waals surface area contributed by atoms with Gasteiger partial charge in [-0.15, -0.1) is 23.2 Å². The fourth-order valence-electron chi connectivity index (χ4n) is 3.61. The van der Waals surface area contributed by atoms with Crippen molar-refractivity contribution in [2.75, 3.05) is 77.0 Å². The maximum Gasteiger partial charge on any atom is 0.346 e. The van der Waals surface area contributed by atoms with Gasteiger partial charge in [-0.2, -0.15) is 0 Å². The topological polar surface area (TPSA) is 106 Å². The third-order valence-corrected chi connectivity index (χ3v) is 9.79. The number of benzene rings is 2. The fraction of sp³-hybridized carbons (Fsp3) is 0.571. The minimum Gasteiger partial charge on any atom is -0.395 e. The molecule has 2 atom stereocenters. The summed E-state index contributed by atoms with van der Waals surface area (Å²) in [6.07, 6.45) is -0.688. The Bertz CT molecular complexity index is 1750. The Balaban J connectivity index is 0.000000330. The standard InChI is InChI=1S/C14H21Cl2N2O2P.C14H23N2O4P/c15-7-10-17(11-8-16)21(19)18(9-4-12-20-21)13-14-5-2-1-3-6-14;17-10-8-15(9-11-18)21(19)16(7-4-12-20-21)13-14-5-2-1-3-6-14/h1-3,5-6H,4,7-13H2;1-3,5-6,17-18H,4,7-13H2/i2*7D2,8D2,9D2,10D2,11D2. The molecule has 0 bridgehead atoms. The number of hydrogen-bond donors (Lipinski definition) is 2. The lowest BCUT2D eigenvalue weighted by atomic mass is 10.2. The molecule has 2 unspecified atom stereocenters. The van der Waals surface area contributed by atoms with Crippen molar-refractivity contribution >= 4 is 38.5 Å². The van der Waals surface area contributed by atoms with E-state index in [1.807, 2.05) is 0 Å². The molecule has 0 spiro atoms. The molecule has 2 aliphatic heterocycles. The Kier molecular flexibility index (Phi) is 7.47. The molecule has 2 aromatic rings. The van der Waals surface area contributed by atoms with Crippen molar-refractivity contribution in [3.8, 4) is 0 Å². The van der Waals surface area contributed by atoms with E-state index in [9.17, 15) is 19.3 Å². The van der Waals surface area contributed by atoms with Crippen LogP contribution in [0.15, 0.2) is 60.7 Å². The van der Waals surface area contributed by atoms with Crippen molar-refractivity contribution < 1.29 is 55.8 Å². The molecule has 2 saturated heterocycles. The molecular formula is C28H44Cl2N4O6P2. The van der Waals surface area contributed by atoms with Crippen LogP contribution in [0.4, 0.5) is 0 Å². The summed E-state index contributed by atoms with van der Waals surface area (Å²) in [5.74, 6) is -6.79. The van der Waals surface area contributed by atoms with E-state index >= 15 is 0 Å². The van der Waals surface area contributed by atoms with E-state index in [2.05, 4.69) is 0 Å². The van der Waals surface area contributed by atoms with Gasteiger partial charge >= 0.3 is 15.3 Å². The zero-order valence-corrected chi connectivity index (χ0v) is 25.3. The van der Waals surface area contributed by atoms with Crippen molar-refractivity contribution in [1.82, 2.24) is 18.7 Å². The number of aliphatic hydroxyl groups is 2. The first-order valence-electron chi connectivity index (χ1n) is 22.1. The normalized spacial score (nSPS) is 35.8. The molecule has 0 aliphatic carbocycles. The summed E-state index contributed by atoms with van der Waals surface area (Å²) >= 11 is 11.1. The molecule has 0 saturated carbocycles. The minimum absolute atomic E-state index is 0.314. The number of alkyl halides is 2. The maximum atomic E-state index is 14.1. The molecule has 236 valence electrons. The zero-order chi connectivity index (χ0) is 48.2. The third kappa shape index (κ3) is 10.1. The molecule has 2 aromatic carbocycles. The number of rotatable bonds is 14. The summed E-state index contributed by atoms with van der Waals surface area (Å²) in [6.45, 7) is -30.0. The lowest BCUT2D eigenvalue weighted by Gasteiger charge is -2.40. The molecule has 2 aliphatic rings. The van der Waals surface area contributed by atoms with Crippen LogP contribution in [-0.2, 0) is 31.3 Å². The predicted molar refractivity (Wildman–Crippen MR) is 169 cm³/mol. The highest BCUT2D eigenvalue weighted by atomic mass is 35.5. The molecule has 2 N–H and O–H groups in total. The van der Waals surface area contributed by atoms with Crippen LogP contribution < -0.4 is 0 Å². The predicted octanol–water partition coefficient (Wildman–Crippen LogP) is 5.10. The molecule has 4 rings (SSSR count). The first kappa shape index (κ1) is 16.6. The van der Waals surface area contributed by atoms with Crippen molar-refractivity contribution in [1.29, 1.82) is 0 Å². The highest BCUT2D eigenvalue weighted by Gasteiger charge is 2.41. The van der Waals surface area contributed by atoms with Crippen LogP contribution in [0.1, 0.15) is 51.4 Å². The minimum atomic E-state index is -5.32. The fourth-order valence-corrected chi connectivity index (χ4v) is 7.44. The van der Waals surface area contributed by atoms with E-state index in [4.69, 9.17) is 59.7 Å². The summed E-state index contributed by atoms with van der Waals surface area (Å²) in [5.41, 5.74) is 0.776. The van der Waals surface area contributed by atoms with Gasteiger partial charge in [0.1, 0.15) is 0 Å². The number of hydrogen-bond acceptors (Lipinski definition) is 6. The summed E-state index contributed by atoms with van der Waals surface area (Å²) < 4.78 is 196. The van der Waals surface area contributed by atoms with Gasteiger partial charge in [0, 0.05) is 85.7 Å². The van der Waals surface area contributed by atoms with Crippen LogP contribution in [0.2, 0.25) is 0 Å². The Morgan fingerprint density at radius 1 is 0.738 bits per heavy atom. The Morgan fingerprint density at radius 2 is 1.12 bits per heavy atom. The third-order valence-electron chi connectivity index (χ3n) is 5.39. The quantitative estimate of drug-likeness (QED) is 0.206. The molecule has 14 heteroatoms. The van der Waals surface area contributed by atoms with Gasteiger partial charge in [0.15, 0.2) is 0 Å². The molecule has 0 radical (unpaired) electrons. The molecule has 2 heterocycles. The zero-order valence-electron chi connectivity index (χ0n) is 42.0. The van der Waals surface area contributed by atoms with Crippen molar-refractivity contribution in [3.63, 3.8) is 0 Å². The largest absolute Gasteiger partial charge is 0.395 e. The number of halogens is 2. The lowest BCUT2D eigenvalue weighted by Crippen LogP contribution is -2.39. The van der Waals surface area contributed by atoms with E-state index < -0.39 is 110 Å². The van der Waals surface area contributed by atoms with Crippen LogP contribution in [0.25, 0.3) is 0 Å². The average molecular weight is 686 g/mol. The van der Waals surface area contributed by atoms with E-state index in [1.54, 1.807) is 48.5 Å². The Morgan fingerprint density at radius 3 is 1.48 bits per heavy atom. The van der Waals surface area contributed by atoms with Gasteiger partial charge < -0.3 is 19.3 Å². The van der Waals surface area contributed by atoms with Gasteiger partial charge in [0.05, 0.1) is 31.8 Å². The van der Waals surface area contributed by atoms with Crippen molar-refractivity contribution in [3.05, 3.63) is 71.8 Å². The molecule has 0 amide bonds. The molecule has 2 fully saturated rings. The van der Waals surface area contributed by atoms with E-state index in [0.29, 0.717) is 20.5 Å². The van der Waals surface area contributed by atoms with Crippen molar-refractivity contribution in [2.24, 2.45) is 0 Å². The van der Waals surface area contributed by atoms with Gasteiger partial charge in [0.2, 0.25) is 0 Å². The SMILES string of the molecule is [2H]C1([2H])CCOP(=O)(N(C([2H])([2H])C([2H])([2H])Cl)C([2H])([2H])C([2H])([2H])Cl)N1Cc1ccccc1.[2H]C1([2H])CCOP(=O)(N(C([2H])([2H])C([2H])([2H])O)C([2H])([2H])C([2H])([2H])O)N1Cc1ccccc1. The molecular weight excluding hydrogens is 621 g/mol. The van der Waals surface area contributed by atoms with Gasteiger partial charge in [-0.1, -0.05) is 60.7 Å². The first-order chi connectivity index (χ1) is 27.6. The summed E-state index contributed by atoms with van der Waals surface area (Å²) in [5, 5.41) is 19.5. The highest BCUT2D eigenvalue weighted by molar-refractivity contribution is 7.54. The van der Waals surface area contributed by atoms with Crippen LogP contribution in [0.5, 0.6) is 0 Å². The van der Waals surface area contributed by atoms with Gasteiger partial charge in [-0.05, 0) is 24.0 Å². The van der Waals surface area contributed by atoms with Gasteiger partial charge in [-0.3, -0.25) is 9.13 Å². The second-order valence-corrected chi connectivity index (χ2v) is 12.7. The summed E-state index contributed by atoms with van der Waals surface area (Å²) in [6, 6.07) is 15.9. The van der Waals surface area contributed by atoms with Crippen LogP contribution in [0, 0.1) is 0 Å². The van der Waals surface area contributed by atoms with Crippen molar-refractivity contribution in [2.45, 2.75) is 25.9 Å². The maximum absolute atomic E-state index is 14.1. The van der Waals surface area contributed by atoms with Gasteiger partial charge in [0.25, 0.3) is 0 Å². The monoisotopic (exact) mass is 684 g/mol. The van der Waals surface area contributed by atoms with E-state index in [1.165, 1.54) is 12.1 Å². The molecule has 0 aromatic heterocycles. The summed E-state index contributed by atoms with van der Waals surface area (Å²) in [4.78, 5) is 0. The average Bonchev–Trinajstić information content (AvgIpc) is 3.07. The summed E-state index contributed by atoms with van der Waals surface area (Å²) in [7, 11) is -10.5. The van der Waals surface area contributed by atoms with Crippen LogP contribution >= 0.6 is 38.5 Å². The molecule has 42 heavy (non-hydrogen) atoms. The Hall–Kier alpha value is -0.840. The Labute approximate surface area is 288 Å².